The molecule has 3 aromatic rings. The van der Waals surface area contributed by atoms with E-state index in [9.17, 15) is 13.6 Å². The van der Waals surface area contributed by atoms with Crippen molar-refractivity contribution in [2.45, 2.75) is 13.5 Å². The highest BCUT2D eigenvalue weighted by Crippen LogP contribution is 2.30. The molecule has 0 spiro atoms. The van der Waals surface area contributed by atoms with Crippen molar-refractivity contribution >= 4 is 28.6 Å². The molecule has 2 aromatic heterocycles. The third-order valence-electron chi connectivity index (χ3n) is 3.53. The Bertz CT molecular complexity index is 875. The van der Waals surface area contributed by atoms with Crippen LogP contribution in [0.4, 0.5) is 8.78 Å². The standard InChI is InChI=1S/C17H14F2N2OS2/c1-10-15(24-16(20-10)12-5-6-23-9-12)17(22)21(2)8-11-3-4-13(18)7-14(11)19/h3-7,9H,8H2,1-2H3. The van der Waals surface area contributed by atoms with Crippen LogP contribution in [0.5, 0.6) is 0 Å². The summed E-state index contributed by atoms with van der Waals surface area (Å²) in [6.07, 6.45) is 0. The molecule has 1 amide bonds. The predicted octanol–water partition coefficient (Wildman–Crippen LogP) is 4.73. The molecule has 0 unspecified atom stereocenters. The van der Waals surface area contributed by atoms with E-state index in [4.69, 9.17) is 0 Å². The number of thiophene rings is 1. The minimum Gasteiger partial charge on any atom is -0.337 e. The van der Waals surface area contributed by atoms with E-state index in [0.717, 1.165) is 16.6 Å². The van der Waals surface area contributed by atoms with Crippen molar-refractivity contribution in [3.05, 3.63) is 62.8 Å². The summed E-state index contributed by atoms with van der Waals surface area (Å²) in [6, 6.07) is 5.31. The first-order chi connectivity index (χ1) is 11.5. The monoisotopic (exact) mass is 364 g/mol. The quantitative estimate of drug-likeness (QED) is 0.670. The number of hydrogen-bond acceptors (Lipinski definition) is 4. The van der Waals surface area contributed by atoms with Crippen LogP contribution in [0.3, 0.4) is 0 Å². The summed E-state index contributed by atoms with van der Waals surface area (Å²) >= 11 is 2.89. The highest BCUT2D eigenvalue weighted by atomic mass is 32.1. The lowest BCUT2D eigenvalue weighted by Crippen LogP contribution is -2.26. The van der Waals surface area contributed by atoms with E-state index in [1.165, 1.54) is 28.4 Å². The lowest BCUT2D eigenvalue weighted by atomic mass is 10.2. The molecular weight excluding hydrogens is 350 g/mol. The van der Waals surface area contributed by atoms with Crippen LogP contribution in [-0.2, 0) is 6.54 Å². The van der Waals surface area contributed by atoms with Gasteiger partial charge in [-0.05, 0) is 24.4 Å². The Hall–Kier alpha value is -2.12. The van der Waals surface area contributed by atoms with Gasteiger partial charge in [-0.25, -0.2) is 13.8 Å². The van der Waals surface area contributed by atoms with Gasteiger partial charge in [-0.2, -0.15) is 11.3 Å². The van der Waals surface area contributed by atoms with Crippen molar-refractivity contribution in [2.24, 2.45) is 0 Å². The first-order valence-corrected chi connectivity index (χ1v) is 8.91. The van der Waals surface area contributed by atoms with Crippen LogP contribution in [0.15, 0.2) is 35.0 Å². The number of benzene rings is 1. The molecule has 124 valence electrons. The van der Waals surface area contributed by atoms with E-state index < -0.39 is 11.6 Å². The van der Waals surface area contributed by atoms with E-state index in [-0.39, 0.29) is 18.0 Å². The average molecular weight is 364 g/mol. The molecule has 0 atom stereocenters. The third-order valence-corrected chi connectivity index (χ3v) is 5.41. The van der Waals surface area contributed by atoms with Crippen molar-refractivity contribution in [2.75, 3.05) is 7.05 Å². The number of carbonyl (C=O) groups excluding carboxylic acids is 1. The first-order valence-electron chi connectivity index (χ1n) is 7.15. The van der Waals surface area contributed by atoms with Gasteiger partial charge in [0.05, 0.1) is 5.69 Å². The Morgan fingerprint density at radius 2 is 2.08 bits per heavy atom. The smallest absolute Gasteiger partial charge is 0.265 e. The molecule has 0 aliphatic carbocycles. The highest BCUT2D eigenvalue weighted by molar-refractivity contribution is 7.17. The molecular formula is C17H14F2N2OS2. The number of nitrogens with zero attached hydrogens (tertiary/aromatic N) is 2. The molecule has 0 bridgehead atoms. The summed E-state index contributed by atoms with van der Waals surface area (Å²) in [5, 5.41) is 4.72. The topological polar surface area (TPSA) is 33.2 Å². The number of amides is 1. The molecule has 0 saturated carbocycles. The van der Waals surface area contributed by atoms with Gasteiger partial charge in [-0.15, -0.1) is 11.3 Å². The zero-order valence-electron chi connectivity index (χ0n) is 13.0. The fraction of sp³-hybridized carbons (Fsp3) is 0.176. The van der Waals surface area contributed by atoms with E-state index in [0.29, 0.717) is 10.6 Å². The summed E-state index contributed by atoms with van der Waals surface area (Å²) in [5.74, 6) is -1.52. The molecule has 0 radical (unpaired) electrons. The molecule has 0 aliphatic rings. The fourth-order valence-corrected chi connectivity index (χ4v) is 4.03. The third kappa shape index (κ3) is 3.37. The second kappa shape index (κ2) is 6.78. The van der Waals surface area contributed by atoms with Crippen molar-refractivity contribution in [1.29, 1.82) is 0 Å². The van der Waals surface area contributed by atoms with Crippen LogP contribution in [0, 0.1) is 18.6 Å². The fourth-order valence-electron chi connectivity index (χ4n) is 2.26. The number of thiazole rings is 1. The van der Waals surface area contributed by atoms with Gasteiger partial charge in [0.25, 0.3) is 5.91 Å². The second-order valence-electron chi connectivity index (χ2n) is 5.34. The van der Waals surface area contributed by atoms with Crippen molar-refractivity contribution < 1.29 is 13.6 Å². The van der Waals surface area contributed by atoms with Crippen molar-refractivity contribution in [3.8, 4) is 10.6 Å². The maximum atomic E-state index is 13.8. The molecule has 0 aliphatic heterocycles. The van der Waals surface area contributed by atoms with E-state index >= 15 is 0 Å². The lowest BCUT2D eigenvalue weighted by molar-refractivity contribution is 0.0787. The van der Waals surface area contributed by atoms with Gasteiger partial charge in [0, 0.05) is 36.2 Å². The molecule has 0 fully saturated rings. The van der Waals surface area contributed by atoms with Crippen LogP contribution in [-0.4, -0.2) is 22.8 Å². The van der Waals surface area contributed by atoms with E-state index in [1.54, 1.807) is 25.3 Å². The predicted molar refractivity (Wildman–Crippen MR) is 92.3 cm³/mol. The van der Waals surface area contributed by atoms with Crippen molar-refractivity contribution in [1.82, 2.24) is 9.88 Å². The maximum Gasteiger partial charge on any atom is 0.265 e. The number of aryl methyl sites for hydroxylation is 1. The largest absolute Gasteiger partial charge is 0.337 e. The van der Waals surface area contributed by atoms with Crippen LogP contribution < -0.4 is 0 Å². The number of rotatable bonds is 4. The molecule has 2 heterocycles. The van der Waals surface area contributed by atoms with Crippen LogP contribution in [0.2, 0.25) is 0 Å². The first kappa shape index (κ1) is 16.7. The normalized spacial score (nSPS) is 10.8. The minimum absolute atomic E-state index is 0.0655. The Labute approximate surface area is 146 Å². The van der Waals surface area contributed by atoms with E-state index in [1.807, 2.05) is 16.8 Å². The maximum absolute atomic E-state index is 13.8. The zero-order chi connectivity index (χ0) is 17.3. The summed E-state index contributed by atoms with van der Waals surface area (Å²) in [4.78, 5) is 19.0. The summed E-state index contributed by atoms with van der Waals surface area (Å²) in [6.45, 7) is 1.85. The van der Waals surface area contributed by atoms with Crippen LogP contribution in [0.25, 0.3) is 10.6 Å². The van der Waals surface area contributed by atoms with Gasteiger partial charge < -0.3 is 4.90 Å². The number of aromatic nitrogens is 1. The second-order valence-corrected chi connectivity index (χ2v) is 7.12. The molecule has 1 aromatic carbocycles. The van der Waals surface area contributed by atoms with Crippen molar-refractivity contribution in [3.63, 3.8) is 0 Å². The number of halogens is 2. The Balaban J connectivity index is 1.81. The van der Waals surface area contributed by atoms with Gasteiger partial charge in [0.2, 0.25) is 0 Å². The van der Waals surface area contributed by atoms with Gasteiger partial charge in [0.15, 0.2) is 0 Å². The Morgan fingerprint density at radius 1 is 1.29 bits per heavy atom. The molecule has 3 nitrogen and oxygen atoms in total. The zero-order valence-corrected chi connectivity index (χ0v) is 14.7. The summed E-state index contributed by atoms with van der Waals surface area (Å²) in [5.41, 5.74) is 1.91. The SMILES string of the molecule is Cc1nc(-c2ccsc2)sc1C(=O)N(C)Cc1ccc(F)cc1F. The number of carbonyl (C=O) groups is 1. The summed E-state index contributed by atoms with van der Waals surface area (Å²) in [7, 11) is 1.59. The van der Waals surface area contributed by atoms with Crippen LogP contribution in [0.1, 0.15) is 20.9 Å². The Kier molecular flexibility index (Phi) is 4.73. The van der Waals surface area contributed by atoms with Gasteiger partial charge >= 0.3 is 0 Å². The Morgan fingerprint density at radius 3 is 2.75 bits per heavy atom. The van der Waals surface area contributed by atoms with Gasteiger partial charge in [-0.1, -0.05) is 6.07 Å². The molecule has 3 rings (SSSR count). The van der Waals surface area contributed by atoms with Gasteiger partial charge in [-0.3, -0.25) is 4.79 Å². The van der Waals surface area contributed by atoms with E-state index in [2.05, 4.69) is 4.98 Å². The lowest BCUT2D eigenvalue weighted by Gasteiger charge is -2.17. The summed E-state index contributed by atoms with van der Waals surface area (Å²) < 4.78 is 26.7. The molecule has 0 saturated heterocycles. The van der Waals surface area contributed by atoms with Gasteiger partial charge in [0.1, 0.15) is 21.5 Å². The molecule has 0 N–H and O–H groups in total. The minimum atomic E-state index is -0.658. The molecule has 7 heteroatoms. The molecule has 24 heavy (non-hydrogen) atoms. The number of hydrogen-bond donors (Lipinski definition) is 0. The highest BCUT2D eigenvalue weighted by Gasteiger charge is 2.20. The van der Waals surface area contributed by atoms with Crippen LogP contribution >= 0.6 is 22.7 Å². The average Bonchev–Trinajstić information content (AvgIpc) is 3.18.